The molecule has 3 rings (SSSR count). The number of phenolic OH excluding ortho intramolecular Hbond substituents is 1. The van der Waals surface area contributed by atoms with Gasteiger partial charge in [0, 0.05) is 18.7 Å². The van der Waals surface area contributed by atoms with E-state index in [4.69, 9.17) is 0 Å². The maximum atomic E-state index is 10.2. The molecule has 2 nitrogen and oxygen atoms in total. The summed E-state index contributed by atoms with van der Waals surface area (Å²) in [6.45, 7) is 7.70. The van der Waals surface area contributed by atoms with Crippen LogP contribution in [0.3, 0.4) is 0 Å². The van der Waals surface area contributed by atoms with Gasteiger partial charge in [-0.3, -0.25) is 4.90 Å². The maximum absolute atomic E-state index is 10.2. The third-order valence-electron chi connectivity index (χ3n) is 4.15. The highest BCUT2D eigenvalue weighted by molar-refractivity contribution is 5.87. The van der Waals surface area contributed by atoms with E-state index >= 15 is 0 Å². The summed E-state index contributed by atoms with van der Waals surface area (Å²) >= 11 is 0. The van der Waals surface area contributed by atoms with Gasteiger partial charge in [0.1, 0.15) is 5.75 Å². The maximum Gasteiger partial charge on any atom is 0.120 e. The second-order valence-electron chi connectivity index (χ2n) is 6.41. The van der Waals surface area contributed by atoms with E-state index in [-0.39, 0.29) is 0 Å². The molecule has 1 fully saturated rings. The van der Waals surface area contributed by atoms with Gasteiger partial charge in [-0.15, -0.1) is 0 Å². The molecule has 0 amide bonds. The van der Waals surface area contributed by atoms with Crippen molar-refractivity contribution in [2.24, 2.45) is 5.41 Å². The summed E-state index contributed by atoms with van der Waals surface area (Å²) in [5, 5.41) is 12.5. The lowest BCUT2D eigenvalue weighted by Gasteiger charge is -2.21. The number of rotatable bonds is 2. The van der Waals surface area contributed by atoms with Gasteiger partial charge in [0.2, 0.25) is 0 Å². The monoisotopic (exact) mass is 255 g/mol. The summed E-state index contributed by atoms with van der Waals surface area (Å²) in [5.41, 5.74) is 1.47. The van der Waals surface area contributed by atoms with E-state index in [1.165, 1.54) is 17.2 Å². The summed E-state index contributed by atoms with van der Waals surface area (Å²) in [5.74, 6) is 0.420. The molecule has 1 aliphatic rings. The fourth-order valence-corrected chi connectivity index (χ4v) is 3.07. The van der Waals surface area contributed by atoms with Crippen LogP contribution in [0.2, 0.25) is 0 Å². The zero-order valence-corrected chi connectivity index (χ0v) is 11.7. The van der Waals surface area contributed by atoms with Crippen LogP contribution in [0.25, 0.3) is 10.8 Å². The first-order chi connectivity index (χ1) is 9.05. The van der Waals surface area contributed by atoms with Crippen molar-refractivity contribution in [1.29, 1.82) is 0 Å². The van der Waals surface area contributed by atoms with E-state index in [1.807, 2.05) is 24.3 Å². The number of phenols is 1. The molecule has 1 saturated heterocycles. The molecule has 2 aromatic carbocycles. The number of nitrogens with zero attached hydrogens (tertiary/aromatic N) is 1. The smallest absolute Gasteiger partial charge is 0.120 e. The Morgan fingerprint density at radius 3 is 2.68 bits per heavy atom. The Bertz CT molecular complexity index is 603. The van der Waals surface area contributed by atoms with Crippen LogP contribution >= 0.6 is 0 Å². The van der Waals surface area contributed by atoms with Crippen molar-refractivity contribution < 1.29 is 5.11 Å². The van der Waals surface area contributed by atoms with Crippen molar-refractivity contribution in [3.63, 3.8) is 0 Å². The lowest BCUT2D eigenvalue weighted by Crippen LogP contribution is -2.23. The second kappa shape index (κ2) is 4.53. The van der Waals surface area contributed by atoms with E-state index in [9.17, 15) is 5.11 Å². The average Bonchev–Trinajstić information content (AvgIpc) is 2.72. The molecule has 0 atom stereocenters. The second-order valence-corrected chi connectivity index (χ2v) is 6.41. The van der Waals surface area contributed by atoms with Gasteiger partial charge in [-0.25, -0.2) is 0 Å². The minimum atomic E-state index is 0.403. The lowest BCUT2D eigenvalue weighted by atomic mass is 9.93. The molecule has 0 unspecified atom stereocenters. The van der Waals surface area contributed by atoms with E-state index < -0.39 is 0 Å². The fraction of sp³-hybridized carbons (Fsp3) is 0.412. The lowest BCUT2D eigenvalue weighted by molar-refractivity contribution is 0.281. The number of benzene rings is 2. The van der Waals surface area contributed by atoms with Crippen molar-refractivity contribution in [3.8, 4) is 5.75 Å². The average molecular weight is 255 g/mol. The van der Waals surface area contributed by atoms with Crippen molar-refractivity contribution in [3.05, 3.63) is 42.0 Å². The van der Waals surface area contributed by atoms with Gasteiger partial charge in [-0.2, -0.15) is 0 Å². The standard InChI is InChI=1S/C17H21NO/c1-17(2)9-10-18(12-17)11-15-14-6-4-3-5-13(14)7-8-16(15)19/h3-8,19H,9-12H2,1-2H3. The zero-order valence-electron chi connectivity index (χ0n) is 11.7. The highest BCUT2D eigenvalue weighted by Crippen LogP contribution is 2.33. The molecule has 1 N–H and O–H groups in total. The summed E-state index contributed by atoms with van der Waals surface area (Å²) in [6.07, 6.45) is 1.23. The van der Waals surface area contributed by atoms with Crippen molar-refractivity contribution in [2.45, 2.75) is 26.8 Å². The summed E-state index contributed by atoms with van der Waals surface area (Å²) in [7, 11) is 0. The number of hydrogen-bond donors (Lipinski definition) is 1. The number of hydrogen-bond acceptors (Lipinski definition) is 2. The number of aromatic hydroxyl groups is 1. The Morgan fingerprint density at radius 1 is 1.16 bits per heavy atom. The molecule has 2 heteroatoms. The molecule has 19 heavy (non-hydrogen) atoms. The van der Waals surface area contributed by atoms with Crippen molar-refractivity contribution in [2.75, 3.05) is 13.1 Å². The molecular formula is C17H21NO. The van der Waals surface area contributed by atoms with Crippen molar-refractivity contribution in [1.82, 2.24) is 4.90 Å². The Balaban J connectivity index is 1.94. The minimum absolute atomic E-state index is 0.403. The van der Waals surface area contributed by atoms with Gasteiger partial charge in [0.25, 0.3) is 0 Å². The molecule has 0 radical (unpaired) electrons. The van der Waals surface area contributed by atoms with Crippen LogP contribution in [0, 0.1) is 5.41 Å². The quantitative estimate of drug-likeness (QED) is 0.882. The predicted octanol–water partition coefficient (Wildman–Crippen LogP) is 3.78. The van der Waals surface area contributed by atoms with Gasteiger partial charge < -0.3 is 5.11 Å². The van der Waals surface area contributed by atoms with Crippen LogP contribution in [0.5, 0.6) is 5.75 Å². The zero-order chi connectivity index (χ0) is 13.5. The van der Waals surface area contributed by atoms with Crippen LogP contribution < -0.4 is 0 Å². The molecule has 100 valence electrons. The first kappa shape index (κ1) is 12.5. The van der Waals surface area contributed by atoms with Gasteiger partial charge in [-0.1, -0.05) is 44.2 Å². The predicted molar refractivity (Wildman–Crippen MR) is 79.3 cm³/mol. The first-order valence-corrected chi connectivity index (χ1v) is 6.97. The van der Waals surface area contributed by atoms with Crippen LogP contribution in [-0.2, 0) is 6.54 Å². The molecular weight excluding hydrogens is 234 g/mol. The van der Waals surface area contributed by atoms with E-state index in [1.54, 1.807) is 0 Å². The van der Waals surface area contributed by atoms with E-state index in [0.29, 0.717) is 11.2 Å². The Morgan fingerprint density at radius 2 is 1.95 bits per heavy atom. The topological polar surface area (TPSA) is 23.5 Å². The fourth-order valence-electron chi connectivity index (χ4n) is 3.07. The van der Waals surface area contributed by atoms with Gasteiger partial charge in [0.05, 0.1) is 0 Å². The minimum Gasteiger partial charge on any atom is -0.508 e. The molecule has 0 bridgehead atoms. The number of fused-ring (bicyclic) bond motifs is 1. The highest BCUT2D eigenvalue weighted by Gasteiger charge is 2.29. The third kappa shape index (κ3) is 2.45. The van der Waals surface area contributed by atoms with Gasteiger partial charge in [-0.05, 0) is 35.2 Å². The summed E-state index contributed by atoms with van der Waals surface area (Å²) < 4.78 is 0. The molecule has 1 aliphatic heterocycles. The van der Waals surface area contributed by atoms with Crippen LogP contribution in [0.15, 0.2) is 36.4 Å². The Kier molecular flexibility index (Phi) is 2.98. The van der Waals surface area contributed by atoms with Crippen LogP contribution in [0.1, 0.15) is 25.8 Å². The molecule has 0 aliphatic carbocycles. The third-order valence-corrected chi connectivity index (χ3v) is 4.15. The SMILES string of the molecule is CC1(C)CCN(Cc2c(O)ccc3ccccc23)C1. The Labute approximate surface area is 114 Å². The van der Waals surface area contributed by atoms with E-state index in [0.717, 1.165) is 25.2 Å². The first-order valence-electron chi connectivity index (χ1n) is 6.97. The molecule has 0 aromatic heterocycles. The molecule has 1 heterocycles. The normalized spacial score (nSPS) is 19.1. The van der Waals surface area contributed by atoms with E-state index in [2.05, 4.69) is 30.9 Å². The number of likely N-dealkylation sites (tertiary alicyclic amines) is 1. The van der Waals surface area contributed by atoms with Crippen molar-refractivity contribution >= 4 is 10.8 Å². The molecule has 0 spiro atoms. The molecule has 2 aromatic rings. The molecule has 0 saturated carbocycles. The summed E-state index contributed by atoms with van der Waals surface area (Å²) in [6, 6.07) is 12.1. The Hall–Kier alpha value is -1.54. The van der Waals surface area contributed by atoms with Gasteiger partial charge in [0.15, 0.2) is 0 Å². The largest absolute Gasteiger partial charge is 0.508 e. The van der Waals surface area contributed by atoms with Gasteiger partial charge >= 0.3 is 0 Å². The van der Waals surface area contributed by atoms with Crippen LogP contribution in [-0.4, -0.2) is 23.1 Å². The highest BCUT2D eigenvalue weighted by atomic mass is 16.3. The van der Waals surface area contributed by atoms with Crippen LogP contribution in [0.4, 0.5) is 0 Å². The summed E-state index contributed by atoms with van der Waals surface area (Å²) in [4.78, 5) is 2.45.